The molecule has 0 spiro atoms. The number of ether oxygens (including phenoxy) is 1. The van der Waals surface area contributed by atoms with Crippen LogP contribution in [0.5, 0.6) is 5.75 Å². The van der Waals surface area contributed by atoms with Gasteiger partial charge < -0.3 is 4.74 Å². The third-order valence-electron chi connectivity index (χ3n) is 8.91. The lowest BCUT2D eigenvalue weighted by molar-refractivity contribution is 0.415. The first-order chi connectivity index (χ1) is 21.3. The van der Waals surface area contributed by atoms with Crippen LogP contribution >= 0.6 is 11.3 Å². The maximum atomic E-state index is 5.55. The second-order valence-corrected chi connectivity index (χ2v) is 12.3. The van der Waals surface area contributed by atoms with Crippen LogP contribution in [0.15, 0.2) is 140 Å². The Balaban J connectivity index is 1.47. The number of fused-ring (bicyclic) bond motifs is 9. The summed E-state index contributed by atoms with van der Waals surface area (Å²) in [6, 6.07) is 51.1. The van der Waals surface area contributed by atoms with Gasteiger partial charge in [0.2, 0.25) is 0 Å². The van der Waals surface area contributed by atoms with Gasteiger partial charge in [0, 0.05) is 25.6 Å². The minimum absolute atomic E-state index is 0.861. The zero-order valence-electron chi connectivity index (χ0n) is 23.6. The van der Waals surface area contributed by atoms with E-state index >= 15 is 0 Å². The molecule has 1 nitrogen and oxygen atoms in total. The van der Waals surface area contributed by atoms with E-state index in [1.54, 1.807) is 7.11 Å². The third-order valence-corrected chi connectivity index (χ3v) is 10.1. The molecule has 0 saturated heterocycles. The summed E-state index contributed by atoms with van der Waals surface area (Å²) >= 11 is 1.91. The molecule has 9 rings (SSSR count). The number of rotatable bonds is 3. The molecule has 0 radical (unpaired) electrons. The molecule has 2 heteroatoms. The van der Waals surface area contributed by atoms with E-state index in [2.05, 4.69) is 140 Å². The van der Waals surface area contributed by atoms with Crippen molar-refractivity contribution < 1.29 is 4.74 Å². The Hall–Kier alpha value is -5.18. The van der Waals surface area contributed by atoms with Gasteiger partial charge in [-0.3, -0.25) is 0 Å². The number of benzene rings is 8. The molecule has 8 aromatic carbocycles. The molecule has 0 atom stereocenters. The van der Waals surface area contributed by atoms with Crippen LogP contribution in [0, 0.1) is 0 Å². The molecule has 0 aliphatic heterocycles. The number of hydrogen-bond donors (Lipinski definition) is 0. The largest absolute Gasteiger partial charge is 0.497 e. The van der Waals surface area contributed by atoms with Gasteiger partial charge in [-0.25, -0.2) is 0 Å². The van der Waals surface area contributed by atoms with E-state index in [0.717, 1.165) is 5.75 Å². The van der Waals surface area contributed by atoms with Crippen molar-refractivity contribution in [2.24, 2.45) is 0 Å². The maximum Gasteiger partial charge on any atom is 0.118 e. The molecule has 1 heterocycles. The molecule has 202 valence electrons. The van der Waals surface area contributed by atoms with Crippen LogP contribution in [0.3, 0.4) is 0 Å². The number of thiophene rings is 1. The molecule has 0 saturated carbocycles. The topological polar surface area (TPSA) is 9.23 Å². The summed E-state index contributed by atoms with van der Waals surface area (Å²) in [4.78, 5) is 0. The highest BCUT2D eigenvalue weighted by atomic mass is 32.1. The summed E-state index contributed by atoms with van der Waals surface area (Å²) in [5, 5.41) is 12.9. The standard InChI is InChI=1S/C41H26OS/c1-42-31-18-16-26(17-19-31)38-35-21-20-34-36-23-28-10-4-5-11-29(28)24-37(36)43-41(34)40(35)33-13-7-6-12-32(33)39(38)30-15-14-25-8-2-3-9-27(25)22-30/h2-24H,1H3. The number of hydrogen-bond acceptors (Lipinski definition) is 2. The highest BCUT2D eigenvalue weighted by Gasteiger charge is 2.21. The predicted octanol–water partition coefficient (Wildman–Crippen LogP) is 12.0. The minimum Gasteiger partial charge on any atom is -0.497 e. The summed E-state index contributed by atoms with van der Waals surface area (Å²) < 4.78 is 8.23. The van der Waals surface area contributed by atoms with Crippen LogP contribution in [-0.4, -0.2) is 7.11 Å². The Labute approximate surface area is 253 Å². The van der Waals surface area contributed by atoms with Crippen molar-refractivity contribution in [1.82, 2.24) is 0 Å². The summed E-state index contributed by atoms with van der Waals surface area (Å²) in [6.07, 6.45) is 0. The monoisotopic (exact) mass is 566 g/mol. The van der Waals surface area contributed by atoms with Crippen molar-refractivity contribution in [2.45, 2.75) is 0 Å². The summed E-state index contributed by atoms with van der Waals surface area (Å²) in [6.45, 7) is 0. The highest BCUT2D eigenvalue weighted by Crippen LogP contribution is 2.49. The van der Waals surface area contributed by atoms with Gasteiger partial charge >= 0.3 is 0 Å². The first-order valence-corrected chi connectivity index (χ1v) is 15.4. The molecule has 0 aliphatic carbocycles. The summed E-state index contributed by atoms with van der Waals surface area (Å²) in [5.41, 5.74) is 4.94. The Morgan fingerprint density at radius 2 is 1.05 bits per heavy atom. The lowest BCUT2D eigenvalue weighted by Crippen LogP contribution is -1.92. The van der Waals surface area contributed by atoms with Crippen molar-refractivity contribution in [3.8, 4) is 28.0 Å². The molecule has 0 unspecified atom stereocenters. The average Bonchev–Trinajstić information content (AvgIpc) is 3.43. The molecule has 0 aliphatic rings. The van der Waals surface area contributed by atoms with E-state index in [1.165, 1.54) is 85.5 Å². The Bertz CT molecular complexity index is 2540. The quantitative estimate of drug-likeness (QED) is 0.193. The van der Waals surface area contributed by atoms with Gasteiger partial charge in [0.25, 0.3) is 0 Å². The van der Waals surface area contributed by atoms with Crippen molar-refractivity contribution in [3.05, 3.63) is 140 Å². The van der Waals surface area contributed by atoms with Gasteiger partial charge in [-0.2, -0.15) is 0 Å². The van der Waals surface area contributed by atoms with Crippen molar-refractivity contribution in [1.29, 1.82) is 0 Å². The summed E-state index contributed by atoms with van der Waals surface area (Å²) in [7, 11) is 1.72. The fourth-order valence-corrected chi connectivity index (χ4v) is 8.19. The lowest BCUT2D eigenvalue weighted by atomic mass is 9.84. The lowest BCUT2D eigenvalue weighted by Gasteiger charge is -2.19. The van der Waals surface area contributed by atoms with Crippen LogP contribution in [0.25, 0.3) is 85.5 Å². The molecular weight excluding hydrogens is 541 g/mol. The SMILES string of the molecule is COc1ccc(-c2c(-c3ccc4ccccc4c3)c3ccccc3c3c2ccc2c4cc5ccccc5cc4sc23)cc1. The predicted molar refractivity (Wildman–Crippen MR) is 187 cm³/mol. The van der Waals surface area contributed by atoms with Gasteiger partial charge in [-0.05, 0) is 90.3 Å². The van der Waals surface area contributed by atoms with Crippen LogP contribution in [0.2, 0.25) is 0 Å². The molecule has 1 aromatic heterocycles. The molecule has 0 amide bonds. The summed E-state index contributed by atoms with van der Waals surface area (Å²) in [5.74, 6) is 0.861. The molecule has 9 aromatic rings. The third kappa shape index (κ3) is 3.70. The average molecular weight is 567 g/mol. The van der Waals surface area contributed by atoms with Gasteiger partial charge in [-0.15, -0.1) is 11.3 Å². The first-order valence-electron chi connectivity index (χ1n) is 14.6. The van der Waals surface area contributed by atoms with Crippen molar-refractivity contribution in [2.75, 3.05) is 7.11 Å². The maximum absolute atomic E-state index is 5.55. The van der Waals surface area contributed by atoms with Crippen LogP contribution in [-0.2, 0) is 0 Å². The normalized spacial score (nSPS) is 11.8. The fourth-order valence-electron chi connectivity index (χ4n) is 6.89. The van der Waals surface area contributed by atoms with E-state index in [4.69, 9.17) is 4.74 Å². The minimum atomic E-state index is 0.861. The van der Waals surface area contributed by atoms with Gasteiger partial charge in [-0.1, -0.05) is 109 Å². The van der Waals surface area contributed by atoms with Crippen LogP contribution in [0.4, 0.5) is 0 Å². The first kappa shape index (κ1) is 24.4. The van der Waals surface area contributed by atoms with E-state index in [-0.39, 0.29) is 0 Å². The van der Waals surface area contributed by atoms with Gasteiger partial charge in [0.1, 0.15) is 5.75 Å². The van der Waals surface area contributed by atoms with Gasteiger partial charge in [0.05, 0.1) is 7.11 Å². The van der Waals surface area contributed by atoms with Crippen LogP contribution < -0.4 is 4.74 Å². The van der Waals surface area contributed by atoms with E-state index < -0.39 is 0 Å². The fraction of sp³-hybridized carbons (Fsp3) is 0.0244. The zero-order valence-corrected chi connectivity index (χ0v) is 24.4. The molecule has 0 bridgehead atoms. The number of methoxy groups -OCH3 is 1. The van der Waals surface area contributed by atoms with E-state index in [1.807, 2.05) is 11.3 Å². The van der Waals surface area contributed by atoms with Gasteiger partial charge in [0.15, 0.2) is 0 Å². The van der Waals surface area contributed by atoms with E-state index in [0.29, 0.717) is 0 Å². The smallest absolute Gasteiger partial charge is 0.118 e. The second-order valence-electron chi connectivity index (χ2n) is 11.2. The van der Waals surface area contributed by atoms with Crippen molar-refractivity contribution in [3.63, 3.8) is 0 Å². The van der Waals surface area contributed by atoms with E-state index in [9.17, 15) is 0 Å². The Kier molecular flexibility index (Phi) is 5.35. The highest BCUT2D eigenvalue weighted by molar-refractivity contribution is 7.26. The van der Waals surface area contributed by atoms with Crippen LogP contribution in [0.1, 0.15) is 0 Å². The zero-order chi connectivity index (χ0) is 28.5. The Morgan fingerprint density at radius 3 is 1.81 bits per heavy atom. The molecule has 0 fully saturated rings. The molecular formula is C41H26OS. The molecule has 0 N–H and O–H groups in total. The van der Waals surface area contributed by atoms with Crippen molar-refractivity contribution >= 4 is 74.6 Å². The second kappa shape index (κ2) is 9.42. The molecule has 43 heavy (non-hydrogen) atoms. The Morgan fingerprint density at radius 1 is 0.442 bits per heavy atom.